The summed E-state index contributed by atoms with van der Waals surface area (Å²) >= 11 is 0. The Kier molecular flexibility index (Phi) is 3.19. The molecule has 1 aromatic rings. The van der Waals surface area contributed by atoms with Gasteiger partial charge in [-0.2, -0.15) is 0 Å². The Hall–Kier alpha value is -1.76. The first-order valence-electron chi connectivity index (χ1n) is 5.35. The van der Waals surface area contributed by atoms with Gasteiger partial charge >= 0.3 is 0 Å². The van der Waals surface area contributed by atoms with Gasteiger partial charge in [0, 0.05) is 19.6 Å². The van der Waals surface area contributed by atoms with E-state index >= 15 is 0 Å². The molecule has 6 nitrogen and oxygen atoms in total. The molecule has 0 aliphatic carbocycles. The molecule has 17 heavy (non-hydrogen) atoms. The number of aromatic nitrogens is 2. The van der Waals surface area contributed by atoms with E-state index in [0.29, 0.717) is 19.6 Å². The molecule has 2 rings (SSSR count). The quantitative estimate of drug-likeness (QED) is 0.705. The van der Waals surface area contributed by atoms with Gasteiger partial charge in [-0.05, 0) is 6.92 Å². The molecule has 1 aromatic heterocycles. The van der Waals surface area contributed by atoms with Crippen molar-refractivity contribution in [2.45, 2.75) is 13.0 Å². The number of anilines is 1. The largest absolute Gasteiger partial charge is 0.368 e. The third-order valence-electron chi connectivity index (χ3n) is 2.79. The van der Waals surface area contributed by atoms with Gasteiger partial charge in [0.15, 0.2) is 11.6 Å². The van der Waals surface area contributed by atoms with Crippen molar-refractivity contribution in [2.75, 3.05) is 24.5 Å². The molecule has 1 unspecified atom stereocenters. The molecule has 0 spiro atoms. The first kappa shape index (κ1) is 11.7. The highest BCUT2D eigenvalue weighted by Crippen LogP contribution is 2.20. The van der Waals surface area contributed by atoms with Gasteiger partial charge in [0.1, 0.15) is 12.4 Å². The van der Waals surface area contributed by atoms with E-state index < -0.39 is 17.8 Å². The third kappa shape index (κ3) is 2.19. The predicted octanol–water partition coefficient (Wildman–Crippen LogP) is -0.812. The molecule has 7 heteroatoms. The number of hydrogen-bond acceptors (Lipinski definition) is 5. The zero-order valence-corrected chi connectivity index (χ0v) is 9.48. The second-order valence-electron chi connectivity index (χ2n) is 3.91. The van der Waals surface area contributed by atoms with Crippen LogP contribution in [0.1, 0.15) is 5.69 Å². The van der Waals surface area contributed by atoms with Crippen LogP contribution in [-0.4, -0.2) is 41.6 Å². The molecular weight excluding hydrogens is 225 g/mol. The Morgan fingerprint density at radius 1 is 1.65 bits per heavy atom. The second-order valence-corrected chi connectivity index (χ2v) is 3.91. The van der Waals surface area contributed by atoms with Gasteiger partial charge in [0.25, 0.3) is 0 Å². The van der Waals surface area contributed by atoms with E-state index in [0.717, 1.165) is 0 Å². The summed E-state index contributed by atoms with van der Waals surface area (Å²) in [6.45, 7) is 3.10. The van der Waals surface area contributed by atoms with Gasteiger partial charge in [-0.25, -0.2) is 14.4 Å². The van der Waals surface area contributed by atoms with Gasteiger partial charge in [-0.15, -0.1) is 0 Å². The number of halogens is 1. The SMILES string of the molecule is Cc1ncnc(N2CCNCC2C(N)=O)c1F. The normalized spacial score (nSPS) is 20.4. The first-order valence-corrected chi connectivity index (χ1v) is 5.35. The lowest BCUT2D eigenvalue weighted by molar-refractivity contribution is -0.119. The maximum Gasteiger partial charge on any atom is 0.241 e. The topological polar surface area (TPSA) is 84.1 Å². The van der Waals surface area contributed by atoms with Crippen LogP contribution in [0.25, 0.3) is 0 Å². The molecule has 2 heterocycles. The number of nitrogens with zero attached hydrogens (tertiary/aromatic N) is 3. The smallest absolute Gasteiger partial charge is 0.241 e. The van der Waals surface area contributed by atoms with Crippen LogP contribution in [0.3, 0.4) is 0 Å². The van der Waals surface area contributed by atoms with E-state index in [1.165, 1.54) is 6.33 Å². The zero-order chi connectivity index (χ0) is 12.4. The first-order chi connectivity index (χ1) is 8.11. The van der Waals surface area contributed by atoms with E-state index in [2.05, 4.69) is 15.3 Å². The Morgan fingerprint density at radius 3 is 3.12 bits per heavy atom. The van der Waals surface area contributed by atoms with E-state index in [1.807, 2.05) is 0 Å². The number of nitrogens with one attached hydrogen (secondary N) is 1. The number of hydrogen-bond donors (Lipinski definition) is 2. The van der Waals surface area contributed by atoms with Crippen LogP contribution in [0.4, 0.5) is 10.2 Å². The van der Waals surface area contributed by atoms with Crippen LogP contribution in [0, 0.1) is 12.7 Å². The van der Waals surface area contributed by atoms with E-state index in [1.54, 1.807) is 11.8 Å². The van der Waals surface area contributed by atoms with Crippen LogP contribution in [0.15, 0.2) is 6.33 Å². The Balaban J connectivity index is 2.36. The van der Waals surface area contributed by atoms with Crippen LogP contribution in [-0.2, 0) is 4.79 Å². The average molecular weight is 239 g/mol. The number of aryl methyl sites for hydroxylation is 1. The molecule has 1 aliphatic heterocycles. The Bertz CT molecular complexity index is 439. The monoisotopic (exact) mass is 239 g/mol. The fraction of sp³-hybridized carbons (Fsp3) is 0.500. The van der Waals surface area contributed by atoms with E-state index in [9.17, 15) is 9.18 Å². The minimum Gasteiger partial charge on any atom is -0.368 e. The third-order valence-corrected chi connectivity index (χ3v) is 2.79. The lowest BCUT2D eigenvalue weighted by Gasteiger charge is -2.35. The van der Waals surface area contributed by atoms with Crippen LogP contribution >= 0.6 is 0 Å². The van der Waals surface area contributed by atoms with Gasteiger partial charge in [-0.1, -0.05) is 0 Å². The van der Waals surface area contributed by atoms with Crippen LogP contribution in [0.5, 0.6) is 0 Å². The molecule has 1 fully saturated rings. The lowest BCUT2D eigenvalue weighted by atomic mass is 10.1. The maximum absolute atomic E-state index is 13.9. The van der Waals surface area contributed by atoms with Crippen molar-refractivity contribution in [1.29, 1.82) is 0 Å². The molecule has 0 radical (unpaired) electrons. The molecule has 0 aromatic carbocycles. The van der Waals surface area contributed by atoms with Crippen molar-refractivity contribution in [2.24, 2.45) is 5.73 Å². The summed E-state index contributed by atoms with van der Waals surface area (Å²) in [7, 11) is 0. The molecule has 1 amide bonds. The van der Waals surface area contributed by atoms with Crippen LogP contribution < -0.4 is 16.0 Å². The fourth-order valence-corrected chi connectivity index (χ4v) is 1.86. The summed E-state index contributed by atoms with van der Waals surface area (Å²) in [5.41, 5.74) is 5.56. The number of piperazine rings is 1. The number of rotatable bonds is 2. The van der Waals surface area contributed by atoms with E-state index in [4.69, 9.17) is 5.73 Å². The summed E-state index contributed by atoms with van der Waals surface area (Å²) in [5, 5.41) is 3.04. The van der Waals surface area contributed by atoms with Crippen molar-refractivity contribution in [1.82, 2.24) is 15.3 Å². The van der Waals surface area contributed by atoms with Crippen molar-refractivity contribution < 1.29 is 9.18 Å². The highest BCUT2D eigenvalue weighted by atomic mass is 19.1. The molecule has 1 aliphatic rings. The lowest BCUT2D eigenvalue weighted by Crippen LogP contribution is -2.57. The van der Waals surface area contributed by atoms with Gasteiger partial charge in [0.05, 0.1) is 5.69 Å². The highest BCUT2D eigenvalue weighted by molar-refractivity contribution is 5.84. The minimum atomic E-state index is -0.576. The number of carbonyl (C=O) groups excluding carboxylic acids is 1. The van der Waals surface area contributed by atoms with Crippen molar-refractivity contribution in [3.05, 3.63) is 17.8 Å². The summed E-state index contributed by atoms with van der Waals surface area (Å²) in [6, 6.07) is -0.576. The highest BCUT2D eigenvalue weighted by Gasteiger charge is 2.30. The molecule has 1 atom stereocenters. The molecule has 3 N–H and O–H groups in total. The molecule has 1 saturated heterocycles. The second kappa shape index (κ2) is 4.62. The Morgan fingerprint density at radius 2 is 2.41 bits per heavy atom. The number of primary amides is 1. The average Bonchev–Trinajstić information content (AvgIpc) is 2.33. The molecule has 0 bridgehead atoms. The number of carbonyl (C=O) groups is 1. The van der Waals surface area contributed by atoms with E-state index in [-0.39, 0.29) is 11.5 Å². The zero-order valence-electron chi connectivity index (χ0n) is 9.48. The minimum absolute atomic E-state index is 0.141. The molecule has 92 valence electrons. The van der Waals surface area contributed by atoms with Gasteiger partial charge in [-0.3, -0.25) is 4.79 Å². The summed E-state index contributed by atoms with van der Waals surface area (Å²) < 4.78 is 13.9. The van der Waals surface area contributed by atoms with Crippen molar-refractivity contribution >= 4 is 11.7 Å². The number of nitrogens with two attached hydrogens (primary N) is 1. The molecule has 0 saturated carbocycles. The predicted molar refractivity (Wildman–Crippen MR) is 59.9 cm³/mol. The van der Waals surface area contributed by atoms with Crippen molar-refractivity contribution in [3.8, 4) is 0 Å². The van der Waals surface area contributed by atoms with Gasteiger partial charge < -0.3 is 16.0 Å². The summed E-state index contributed by atoms with van der Waals surface area (Å²) in [5.74, 6) is -0.851. The van der Waals surface area contributed by atoms with Crippen molar-refractivity contribution in [3.63, 3.8) is 0 Å². The summed E-state index contributed by atoms with van der Waals surface area (Å²) in [6.07, 6.45) is 1.29. The standard InChI is InChI=1S/C10H14FN5O/c1-6-8(11)10(15-5-14-6)16-3-2-13-4-7(16)9(12)17/h5,7,13H,2-4H2,1H3,(H2,12,17). The fourth-order valence-electron chi connectivity index (χ4n) is 1.86. The van der Waals surface area contributed by atoms with Crippen LogP contribution in [0.2, 0.25) is 0 Å². The molecular formula is C10H14FN5O. The summed E-state index contributed by atoms with van der Waals surface area (Å²) in [4.78, 5) is 20.6. The number of amides is 1. The van der Waals surface area contributed by atoms with Gasteiger partial charge in [0.2, 0.25) is 5.91 Å². The Labute approximate surface area is 98.0 Å². The maximum atomic E-state index is 13.9.